The minimum atomic E-state index is -2.58. The molecule has 0 saturated carbocycles. The number of esters is 1. The molecule has 0 amide bonds. The van der Waals surface area contributed by atoms with Crippen molar-refractivity contribution in [2.24, 2.45) is 11.8 Å². The molecule has 1 heterocycles. The highest BCUT2D eigenvalue weighted by Crippen LogP contribution is 2.49. The van der Waals surface area contributed by atoms with Crippen LogP contribution in [0.2, 0.25) is 109 Å². The van der Waals surface area contributed by atoms with E-state index in [1.54, 1.807) is 13.2 Å². The van der Waals surface area contributed by atoms with Crippen molar-refractivity contribution in [3.05, 3.63) is 24.3 Å². The molecule has 1 fully saturated rings. The highest BCUT2D eigenvalue weighted by atomic mass is 28.4. The minimum absolute atomic E-state index is 0.0367. The number of hydrogen-bond donors (Lipinski definition) is 0. The monoisotopic (exact) mass is 1320 g/mol. The lowest BCUT2D eigenvalue weighted by Crippen LogP contribution is -2.66. The lowest BCUT2D eigenvalue weighted by Gasteiger charge is -2.54. The largest absolute Gasteiger partial charge is 0.459 e. The summed E-state index contributed by atoms with van der Waals surface area (Å²) in [6, 6.07) is 0. The van der Waals surface area contributed by atoms with Gasteiger partial charge in [0, 0.05) is 25.6 Å². The first-order chi connectivity index (χ1) is 38.8. The van der Waals surface area contributed by atoms with Gasteiger partial charge in [-0.3, -0.25) is 9.59 Å². The van der Waals surface area contributed by atoms with Crippen LogP contribution in [0.4, 0.5) is 0 Å². The van der Waals surface area contributed by atoms with Crippen LogP contribution in [-0.2, 0) is 50.4 Å². The van der Waals surface area contributed by atoms with Crippen molar-refractivity contribution in [1.29, 1.82) is 0 Å². The molecule has 1 unspecified atom stereocenters. The summed E-state index contributed by atoms with van der Waals surface area (Å²) in [5.41, 5.74) is 0.998. The summed E-state index contributed by atoms with van der Waals surface area (Å²) in [6.07, 6.45) is 12.7. The van der Waals surface area contributed by atoms with E-state index in [2.05, 4.69) is 236 Å². The first-order valence-corrected chi connectivity index (χ1v) is 51.0. The fourth-order valence-corrected chi connectivity index (χ4v) is 17.4. The number of carbonyl (C=O) groups excluding carboxylic acids is 2. The number of terminal acetylenes is 1. The molecule has 1 saturated heterocycles. The molecule has 0 radical (unpaired) electrons. The Bertz CT molecular complexity index is 2240. The quantitative estimate of drug-likeness (QED) is 0.0271. The van der Waals surface area contributed by atoms with E-state index in [9.17, 15) is 9.59 Å². The van der Waals surface area contributed by atoms with Gasteiger partial charge in [0.25, 0.3) is 0 Å². The molecule has 11 atom stereocenters. The summed E-state index contributed by atoms with van der Waals surface area (Å²) in [4.78, 5) is 28.9. The van der Waals surface area contributed by atoms with Crippen LogP contribution in [0, 0.1) is 24.2 Å². The van der Waals surface area contributed by atoms with Gasteiger partial charge < -0.3 is 40.8 Å². The highest BCUT2D eigenvalue weighted by molar-refractivity contribution is 6.76. The van der Waals surface area contributed by atoms with Crippen LogP contribution < -0.4 is 0 Å². The first-order valence-electron chi connectivity index (χ1n) is 33.5. The van der Waals surface area contributed by atoms with Gasteiger partial charge in [0.2, 0.25) is 5.79 Å². The minimum Gasteiger partial charge on any atom is -0.459 e. The SMILES string of the molecule is C#C[C@H](CC(=O)[C@@H](C)/C=C(\C)C[C@@H](O[Si](C)(C)C(C)(C)C)C1(OC)O[C@@H](C[C@H](CC[C@@H](O[Si](C)(C)C(C)(C)C)[C@@H](CCCC)OC(=O)[C@H](C)[C@H](C=C)O[Si](C)(C)C(C)(C)C)O[Si](C)(C)C(C)(C)C)CC[C@H]1O[Si](C)(C)C(C)(C)C)O[Si](C)(C)C(C)(C)C. The molecule has 0 aromatic rings. The number of ketones is 1. The van der Waals surface area contributed by atoms with Crippen molar-refractivity contribution in [1.82, 2.24) is 0 Å². The molecule has 0 spiro atoms. The Labute approximate surface area is 544 Å². The third kappa shape index (κ3) is 23.8. The second kappa shape index (κ2) is 31.6. The molecule has 87 heavy (non-hydrogen) atoms. The molecule has 1 aliphatic rings. The van der Waals surface area contributed by atoms with Crippen molar-refractivity contribution < 1.29 is 50.4 Å². The van der Waals surface area contributed by atoms with E-state index in [0.29, 0.717) is 38.5 Å². The van der Waals surface area contributed by atoms with Crippen molar-refractivity contribution in [2.45, 2.75) is 380 Å². The number of rotatable bonds is 33. The van der Waals surface area contributed by atoms with E-state index in [1.165, 1.54) is 0 Å². The molecule has 0 bridgehead atoms. The second-order valence-electron chi connectivity index (χ2n) is 35.4. The van der Waals surface area contributed by atoms with E-state index in [-0.39, 0.29) is 66.7 Å². The smallest absolute Gasteiger partial charge is 0.311 e. The topological polar surface area (TPSA) is 117 Å². The number of ether oxygens (including phenoxy) is 3. The molecule has 510 valence electrons. The van der Waals surface area contributed by atoms with Gasteiger partial charge >= 0.3 is 5.97 Å². The highest BCUT2D eigenvalue weighted by Gasteiger charge is 2.58. The van der Waals surface area contributed by atoms with Crippen LogP contribution in [0.15, 0.2) is 24.3 Å². The number of unbranched alkanes of at least 4 members (excludes halogenated alkanes) is 1. The van der Waals surface area contributed by atoms with Gasteiger partial charge in [0.15, 0.2) is 49.9 Å². The molecule has 0 aromatic carbocycles. The Hall–Kier alpha value is -0.839. The lowest BCUT2D eigenvalue weighted by molar-refractivity contribution is -0.342. The van der Waals surface area contributed by atoms with Crippen LogP contribution in [-0.4, -0.2) is 123 Å². The molecule has 0 aromatic heterocycles. The number of methoxy groups -OCH3 is 1. The predicted molar refractivity (Wildman–Crippen MR) is 385 cm³/mol. The maximum Gasteiger partial charge on any atom is 0.311 e. The Morgan fingerprint density at radius 1 is 0.621 bits per heavy atom. The summed E-state index contributed by atoms with van der Waals surface area (Å²) in [6.45, 7) is 80.1. The fraction of sp³-hybridized carbons (Fsp3) is 0.886. The van der Waals surface area contributed by atoms with Gasteiger partial charge in [0.1, 0.15) is 30.2 Å². The summed E-state index contributed by atoms with van der Waals surface area (Å²) < 4.78 is 65.5. The Morgan fingerprint density at radius 3 is 1.51 bits per heavy atom. The second-order valence-corrected chi connectivity index (χ2v) is 63.9. The summed E-state index contributed by atoms with van der Waals surface area (Å²) in [7, 11) is -12.6. The van der Waals surface area contributed by atoms with Gasteiger partial charge in [-0.25, -0.2) is 0 Å². The van der Waals surface area contributed by atoms with Gasteiger partial charge in [-0.2, -0.15) is 0 Å². The maximum atomic E-state index is 14.7. The van der Waals surface area contributed by atoms with Crippen LogP contribution in [0.3, 0.4) is 0 Å². The third-order valence-corrected chi connectivity index (χ3v) is 48.8. The van der Waals surface area contributed by atoms with Gasteiger partial charge in [0.05, 0.1) is 24.2 Å². The zero-order valence-electron chi connectivity index (χ0n) is 63.3. The van der Waals surface area contributed by atoms with Crippen LogP contribution in [0.1, 0.15) is 217 Å². The molecular formula is C70H140O11Si6. The summed E-state index contributed by atoms with van der Waals surface area (Å²) in [5, 5.41) is -0.540. The Kier molecular flexibility index (Phi) is 30.6. The van der Waals surface area contributed by atoms with E-state index in [1.807, 2.05) is 13.8 Å². The first kappa shape index (κ1) is 84.2. The molecule has 1 rings (SSSR count). The van der Waals surface area contributed by atoms with Gasteiger partial charge in [-0.15, -0.1) is 13.0 Å². The third-order valence-electron chi connectivity index (χ3n) is 21.8. The number of Topliss-reactive ketones (excluding diaryl/α,β-unsaturated/α-hetero) is 1. The standard InChI is InChI=1S/C70H140O11Si6/c1-38-41-42-59(74-63(72)53(6)58(40-3)78-84(30,31)66(13,14)15)60(79-85(32,33)67(16,17)18)45-43-56(77-83(28,29)65(10,11)12)49-55-44-46-61(80-86(34,35)68(19,20)21)70(73-25,75-55)62(81-87(36,37)69(22,23)24)48-51(4)47-52(5)57(71)50-54(39-2)76-82(26,27)64(7,8)9/h2,40,47,52-56,58-62H,3,38,41-46,48-50H2,1,4-37H3/b51-47+/t52-,53+,54+,55+,56-,58-,59+,60+,61+,62+,70?/m0/s1. The average molecular weight is 1330 g/mol. The fourth-order valence-electron chi connectivity index (χ4n) is 9.41. The van der Waals surface area contributed by atoms with E-state index >= 15 is 0 Å². The lowest BCUT2D eigenvalue weighted by atomic mass is 9.88. The number of allylic oxidation sites excluding steroid dienone is 1. The number of hydrogen-bond acceptors (Lipinski definition) is 11. The van der Waals surface area contributed by atoms with Gasteiger partial charge in [-0.1, -0.05) is 169 Å². The molecule has 1 aliphatic heterocycles. The predicted octanol–water partition coefficient (Wildman–Crippen LogP) is 20.5. The van der Waals surface area contributed by atoms with E-state index in [0.717, 1.165) is 24.8 Å². The Morgan fingerprint density at radius 2 is 1.07 bits per heavy atom. The van der Waals surface area contributed by atoms with E-state index < -0.39 is 98.0 Å². The van der Waals surface area contributed by atoms with Crippen molar-refractivity contribution in [2.75, 3.05) is 7.11 Å². The van der Waals surface area contributed by atoms with Crippen LogP contribution >= 0.6 is 0 Å². The summed E-state index contributed by atoms with van der Waals surface area (Å²) >= 11 is 0. The van der Waals surface area contributed by atoms with Gasteiger partial charge in [-0.05, 0) is 174 Å². The Balaban J connectivity index is 4.29. The summed E-state index contributed by atoms with van der Waals surface area (Å²) in [5.74, 6) is 0.227. The zero-order chi connectivity index (χ0) is 68.6. The molecule has 17 heteroatoms. The van der Waals surface area contributed by atoms with E-state index in [4.69, 9.17) is 47.2 Å². The maximum absolute atomic E-state index is 14.7. The van der Waals surface area contributed by atoms with Crippen LogP contribution in [0.5, 0.6) is 0 Å². The number of carbonyl (C=O) groups is 2. The van der Waals surface area contributed by atoms with Crippen molar-refractivity contribution in [3.8, 4) is 12.3 Å². The van der Waals surface area contributed by atoms with Crippen molar-refractivity contribution >= 4 is 61.7 Å². The molecular weight excluding hydrogens is 1190 g/mol. The zero-order valence-corrected chi connectivity index (χ0v) is 69.3. The normalized spacial score (nSPS) is 21.7. The molecule has 11 nitrogen and oxygen atoms in total. The molecule has 0 aliphatic carbocycles. The van der Waals surface area contributed by atoms with Crippen molar-refractivity contribution in [3.63, 3.8) is 0 Å². The van der Waals surface area contributed by atoms with Crippen LogP contribution in [0.25, 0.3) is 0 Å². The molecule has 0 N–H and O–H groups in total. The average Bonchev–Trinajstić information content (AvgIpc) is 0.806.